The van der Waals surface area contributed by atoms with Crippen LogP contribution < -0.4 is 0 Å². The molecule has 1 rings (SSSR count). The third kappa shape index (κ3) is 7.43. The lowest BCUT2D eigenvalue weighted by Gasteiger charge is -2.20. The molecule has 160 valence electrons. The zero-order valence-electron chi connectivity index (χ0n) is 17.1. The lowest BCUT2D eigenvalue weighted by Crippen LogP contribution is -2.09. The Hall–Kier alpha value is -1.01. The molecule has 0 aromatic heterocycles. The lowest BCUT2D eigenvalue weighted by atomic mass is 10.1. The van der Waals surface area contributed by atoms with Crippen LogP contribution in [0.3, 0.4) is 0 Å². The van der Waals surface area contributed by atoms with Crippen LogP contribution in [0.15, 0.2) is 18.2 Å². The van der Waals surface area contributed by atoms with Gasteiger partial charge in [0.1, 0.15) is 0 Å². The van der Waals surface area contributed by atoms with Gasteiger partial charge >= 0.3 is 21.2 Å². The van der Waals surface area contributed by atoms with E-state index in [1.807, 2.05) is 0 Å². The second-order valence-electron chi connectivity index (χ2n) is 5.69. The van der Waals surface area contributed by atoms with E-state index in [1.54, 1.807) is 45.9 Å². The van der Waals surface area contributed by atoms with E-state index in [0.717, 1.165) is 0 Å². The molecule has 0 heterocycles. The molecule has 0 N–H and O–H groups in total. The molecule has 0 atom stereocenters. The third-order valence-corrected chi connectivity index (χ3v) is 7.71. The molecule has 0 bridgehead atoms. The van der Waals surface area contributed by atoms with E-state index in [9.17, 15) is 13.9 Å². The van der Waals surface area contributed by atoms with E-state index >= 15 is 0 Å². The zero-order chi connectivity index (χ0) is 21.2. The maximum absolute atomic E-state index is 12.8. The van der Waals surface area contributed by atoms with Gasteiger partial charge in [0.05, 0.1) is 51.4 Å². The summed E-state index contributed by atoms with van der Waals surface area (Å²) in [6, 6.07) is 4.87. The second-order valence-corrected chi connectivity index (χ2v) is 9.80. The van der Waals surface area contributed by atoms with E-state index in [0.29, 0.717) is 11.1 Å². The minimum absolute atomic E-state index is 0.00748. The van der Waals surface area contributed by atoms with Gasteiger partial charge in [-0.2, -0.15) is 0 Å². The summed E-state index contributed by atoms with van der Waals surface area (Å²) < 4.78 is 51.7. The Kier molecular flexibility index (Phi) is 10.6. The summed E-state index contributed by atoms with van der Waals surface area (Å²) in [6.07, 6.45) is -0.0679. The van der Waals surface area contributed by atoms with E-state index < -0.39 is 21.2 Å². The maximum Gasteiger partial charge on any atom is 0.338 e. The third-order valence-electron chi connectivity index (χ3n) is 3.62. The first kappa shape index (κ1) is 25.0. The molecule has 0 saturated carbocycles. The number of benzene rings is 1. The van der Waals surface area contributed by atoms with Crippen LogP contribution in [0.2, 0.25) is 0 Å². The van der Waals surface area contributed by atoms with Crippen LogP contribution in [0, 0.1) is 0 Å². The van der Waals surface area contributed by atoms with Crippen molar-refractivity contribution in [3.63, 3.8) is 0 Å². The van der Waals surface area contributed by atoms with Crippen LogP contribution in [-0.4, -0.2) is 39.5 Å². The number of rotatable bonds is 13. The van der Waals surface area contributed by atoms with Crippen molar-refractivity contribution in [3.05, 3.63) is 34.9 Å². The first-order valence-corrected chi connectivity index (χ1v) is 12.7. The van der Waals surface area contributed by atoms with Gasteiger partial charge in [0.2, 0.25) is 0 Å². The van der Waals surface area contributed by atoms with E-state index in [1.165, 1.54) is 7.11 Å². The standard InChI is InChI=1S/C18H30O8P2/c1-6-23-27(20,24-7-2)13-15-10-11-16(17(12-15)18(19)22-5)14-28(21,25-8-3)26-9-4/h10-12H,6-9,13-14H2,1-5H3. The average molecular weight is 436 g/mol. The van der Waals surface area contributed by atoms with Crippen molar-refractivity contribution in [1.82, 2.24) is 0 Å². The molecule has 0 aliphatic rings. The monoisotopic (exact) mass is 436 g/mol. The van der Waals surface area contributed by atoms with Crippen LogP contribution >= 0.6 is 15.2 Å². The molecule has 10 heteroatoms. The van der Waals surface area contributed by atoms with Crippen LogP contribution in [0.25, 0.3) is 0 Å². The maximum atomic E-state index is 12.8. The molecule has 0 amide bonds. The first-order chi connectivity index (χ1) is 13.3. The fraction of sp³-hybridized carbons (Fsp3) is 0.611. The summed E-state index contributed by atoms with van der Waals surface area (Å²) in [4.78, 5) is 12.3. The van der Waals surface area contributed by atoms with Gasteiger partial charge in [-0.15, -0.1) is 0 Å². The van der Waals surface area contributed by atoms with Crippen molar-refractivity contribution < 1.29 is 36.8 Å². The van der Waals surface area contributed by atoms with E-state index in [-0.39, 0.29) is 44.3 Å². The molecule has 0 aliphatic carbocycles. The summed E-state index contributed by atoms with van der Waals surface area (Å²) in [5.41, 5.74) is 1.25. The van der Waals surface area contributed by atoms with E-state index in [2.05, 4.69) is 0 Å². The van der Waals surface area contributed by atoms with Crippen LogP contribution in [0.5, 0.6) is 0 Å². The predicted octanol–water partition coefficient (Wildman–Crippen LogP) is 5.01. The molecular weight excluding hydrogens is 406 g/mol. The highest BCUT2D eigenvalue weighted by molar-refractivity contribution is 7.53. The number of carbonyl (C=O) groups is 1. The minimum atomic E-state index is -3.41. The predicted molar refractivity (Wildman–Crippen MR) is 107 cm³/mol. The number of ether oxygens (including phenoxy) is 1. The summed E-state index contributed by atoms with van der Waals surface area (Å²) in [5.74, 6) is -0.598. The normalized spacial score (nSPS) is 12.2. The van der Waals surface area contributed by atoms with Gasteiger partial charge in [-0.3, -0.25) is 9.13 Å². The molecule has 0 unspecified atom stereocenters. The Morgan fingerprint density at radius 3 is 1.71 bits per heavy atom. The van der Waals surface area contributed by atoms with Crippen LogP contribution in [0.1, 0.15) is 49.2 Å². The summed E-state index contributed by atoms with van der Waals surface area (Å²) in [6.45, 7) is 7.81. The quantitative estimate of drug-likeness (QED) is 0.315. The van der Waals surface area contributed by atoms with Crippen molar-refractivity contribution in [3.8, 4) is 0 Å². The average Bonchev–Trinajstić information content (AvgIpc) is 2.63. The molecule has 0 fully saturated rings. The highest BCUT2D eigenvalue weighted by Crippen LogP contribution is 2.53. The molecule has 0 spiro atoms. The summed E-state index contributed by atoms with van der Waals surface area (Å²) in [5, 5.41) is 0. The largest absolute Gasteiger partial charge is 0.465 e. The fourth-order valence-electron chi connectivity index (χ4n) is 2.64. The number of hydrogen-bond acceptors (Lipinski definition) is 8. The highest BCUT2D eigenvalue weighted by atomic mass is 31.2. The molecule has 28 heavy (non-hydrogen) atoms. The molecule has 1 aromatic rings. The molecule has 8 nitrogen and oxygen atoms in total. The van der Waals surface area contributed by atoms with Crippen LogP contribution in [-0.2, 0) is 44.3 Å². The van der Waals surface area contributed by atoms with Gasteiger partial charge in [0, 0.05) is 0 Å². The Balaban J connectivity index is 3.26. The van der Waals surface area contributed by atoms with Crippen molar-refractivity contribution in [1.29, 1.82) is 0 Å². The van der Waals surface area contributed by atoms with Gasteiger partial charge in [-0.1, -0.05) is 12.1 Å². The van der Waals surface area contributed by atoms with Crippen LogP contribution in [0.4, 0.5) is 0 Å². The van der Waals surface area contributed by atoms with Gasteiger partial charge in [0.25, 0.3) is 0 Å². The Labute approximate surface area is 166 Å². The number of methoxy groups -OCH3 is 1. The second kappa shape index (κ2) is 11.9. The Bertz CT molecular complexity index is 714. The van der Waals surface area contributed by atoms with Crippen molar-refractivity contribution in [2.45, 2.75) is 40.0 Å². The first-order valence-electron chi connectivity index (χ1n) is 9.22. The molecule has 0 saturated heterocycles. The zero-order valence-corrected chi connectivity index (χ0v) is 18.9. The van der Waals surface area contributed by atoms with Gasteiger partial charge in [-0.05, 0) is 44.9 Å². The van der Waals surface area contributed by atoms with Gasteiger partial charge in [-0.25, -0.2) is 4.79 Å². The van der Waals surface area contributed by atoms with Crippen molar-refractivity contribution in [2.24, 2.45) is 0 Å². The minimum Gasteiger partial charge on any atom is -0.465 e. The number of hydrogen-bond donors (Lipinski definition) is 0. The topological polar surface area (TPSA) is 97.4 Å². The van der Waals surface area contributed by atoms with E-state index in [4.69, 9.17) is 22.8 Å². The molecule has 0 radical (unpaired) electrons. The Morgan fingerprint density at radius 2 is 1.29 bits per heavy atom. The smallest absolute Gasteiger partial charge is 0.338 e. The highest BCUT2D eigenvalue weighted by Gasteiger charge is 2.29. The van der Waals surface area contributed by atoms with Gasteiger partial charge < -0.3 is 22.8 Å². The molecule has 0 aliphatic heterocycles. The van der Waals surface area contributed by atoms with Crippen molar-refractivity contribution in [2.75, 3.05) is 33.5 Å². The SMILES string of the molecule is CCOP(=O)(Cc1ccc(CP(=O)(OCC)OCC)c(C(=O)OC)c1)OCC. The van der Waals surface area contributed by atoms with Gasteiger partial charge in [0.15, 0.2) is 0 Å². The molecular formula is C18H30O8P2. The lowest BCUT2D eigenvalue weighted by molar-refractivity contribution is 0.0599. The summed E-state index contributed by atoms with van der Waals surface area (Å²) in [7, 11) is -5.48. The van der Waals surface area contributed by atoms with Crippen molar-refractivity contribution >= 4 is 21.2 Å². The summed E-state index contributed by atoms with van der Waals surface area (Å²) >= 11 is 0. The fourth-order valence-corrected chi connectivity index (χ4v) is 6.06. The molecule has 1 aromatic carbocycles. The Morgan fingerprint density at radius 1 is 0.821 bits per heavy atom. The number of carbonyl (C=O) groups excluding carboxylic acids is 1. The number of esters is 1.